The van der Waals surface area contributed by atoms with E-state index >= 15 is 0 Å². The molecule has 0 aliphatic carbocycles. The van der Waals surface area contributed by atoms with Crippen molar-refractivity contribution in [1.82, 2.24) is 0 Å². The minimum absolute atomic E-state index is 0.128. The lowest BCUT2D eigenvalue weighted by Crippen LogP contribution is -2.07. The maximum atomic E-state index is 8.95. The van der Waals surface area contributed by atoms with Crippen LogP contribution in [0.1, 0.15) is 11.1 Å². The van der Waals surface area contributed by atoms with E-state index in [0.29, 0.717) is 5.56 Å². The lowest BCUT2D eigenvalue weighted by atomic mass is 10.2. The number of benzene rings is 3. The second-order valence-corrected chi connectivity index (χ2v) is 8.14. The largest absolute Gasteiger partial charge is 0.192 e. The molecule has 1 nitrogen and oxygen atoms in total. The first-order valence-corrected chi connectivity index (χ1v) is 9.52. The predicted molar refractivity (Wildman–Crippen MR) is 102 cm³/mol. The van der Waals surface area contributed by atoms with Crippen LogP contribution in [0.3, 0.4) is 0 Å². The molecule has 0 bridgehead atoms. The Hall–Kier alpha value is -1.92. The molecule has 3 aromatic rings. The SMILES string of the molecule is N#Cc1ccc(C[S+](c2ccc(Cl)cc2)c2ccc(Cl)cc2)cc1. The van der Waals surface area contributed by atoms with Crippen molar-refractivity contribution < 1.29 is 0 Å². The zero-order valence-electron chi connectivity index (χ0n) is 12.7. The summed E-state index contributed by atoms with van der Waals surface area (Å²) in [6.07, 6.45) is 0. The summed E-state index contributed by atoms with van der Waals surface area (Å²) in [5.41, 5.74) is 1.87. The lowest BCUT2D eigenvalue weighted by molar-refractivity contribution is 1.30. The van der Waals surface area contributed by atoms with Crippen LogP contribution in [0, 0.1) is 11.3 Å². The summed E-state index contributed by atoms with van der Waals surface area (Å²) in [4.78, 5) is 2.46. The van der Waals surface area contributed by atoms with Gasteiger partial charge in [-0.2, -0.15) is 5.26 Å². The maximum absolute atomic E-state index is 8.95. The fourth-order valence-corrected chi connectivity index (χ4v) is 4.66. The molecule has 0 fully saturated rings. The van der Waals surface area contributed by atoms with Crippen molar-refractivity contribution in [1.29, 1.82) is 5.26 Å². The van der Waals surface area contributed by atoms with E-state index in [0.717, 1.165) is 15.8 Å². The van der Waals surface area contributed by atoms with Crippen molar-refractivity contribution >= 4 is 34.1 Å². The highest BCUT2D eigenvalue weighted by atomic mass is 35.5. The van der Waals surface area contributed by atoms with Crippen LogP contribution in [0.2, 0.25) is 10.0 Å². The highest BCUT2D eigenvalue weighted by Gasteiger charge is 2.25. The molecule has 3 aromatic carbocycles. The maximum Gasteiger partial charge on any atom is 0.161 e. The highest BCUT2D eigenvalue weighted by molar-refractivity contribution is 7.96. The normalized spacial score (nSPS) is 10.6. The van der Waals surface area contributed by atoms with Gasteiger partial charge in [0.1, 0.15) is 5.75 Å². The Bertz CT molecular complexity index is 805. The van der Waals surface area contributed by atoms with Gasteiger partial charge in [-0.25, -0.2) is 0 Å². The van der Waals surface area contributed by atoms with Crippen LogP contribution in [0.25, 0.3) is 0 Å². The molecule has 0 heterocycles. The molecule has 4 heteroatoms. The standard InChI is InChI=1S/C20H14Cl2NS/c21-17-5-9-19(10-6-17)24(20-11-7-18(22)8-12-20)14-16-3-1-15(13-23)2-4-16/h1-12H,14H2/q+1. The second kappa shape index (κ2) is 7.77. The highest BCUT2D eigenvalue weighted by Crippen LogP contribution is 2.29. The Kier molecular flexibility index (Phi) is 5.48. The van der Waals surface area contributed by atoms with E-state index < -0.39 is 0 Å². The molecule has 0 amide bonds. The van der Waals surface area contributed by atoms with Gasteiger partial charge in [-0.1, -0.05) is 35.3 Å². The summed E-state index contributed by atoms with van der Waals surface area (Å²) in [6, 6.07) is 25.9. The molecule has 0 aromatic heterocycles. The minimum Gasteiger partial charge on any atom is -0.192 e. The molecule has 0 saturated heterocycles. The van der Waals surface area contributed by atoms with Gasteiger partial charge in [-0.3, -0.25) is 0 Å². The molecule has 0 radical (unpaired) electrons. The third-order valence-electron chi connectivity index (χ3n) is 3.59. The van der Waals surface area contributed by atoms with Gasteiger partial charge in [0, 0.05) is 15.6 Å². The van der Waals surface area contributed by atoms with Gasteiger partial charge in [0.05, 0.1) is 22.5 Å². The molecule has 118 valence electrons. The molecular weight excluding hydrogens is 357 g/mol. The fraction of sp³-hybridized carbons (Fsp3) is 0.0500. The molecular formula is C20H14Cl2NS+. The van der Waals surface area contributed by atoms with Crippen LogP contribution in [0.15, 0.2) is 82.6 Å². The van der Waals surface area contributed by atoms with Crippen molar-refractivity contribution in [2.45, 2.75) is 15.5 Å². The van der Waals surface area contributed by atoms with E-state index in [1.807, 2.05) is 48.5 Å². The summed E-state index contributed by atoms with van der Waals surface area (Å²) in [5.74, 6) is 0.870. The first kappa shape index (κ1) is 16.9. The third kappa shape index (κ3) is 4.13. The average molecular weight is 371 g/mol. The fourth-order valence-electron chi connectivity index (χ4n) is 2.34. The van der Waals surface area contributed by atoms with Crippen molar-refractivity contribution in [2.24, 2.45) is 0 Å². The molecule has 0 spiro atoms. The molecule has 0 aliphatic rings. The van der Waals surface area contributed by atoms with E-state index in [1.165, 1.54) is 15.4 Å². The Balaban J connectivity index is 1.96. The molecule has 0 atom stereocenters. The van der Waals surface area contributed by atoms with Crippen LogP contribution in [0.4, 0.5) is 0 Å². The number of nitriles is 1. The second-order valence-electron chi connectivity index (χ2n) is 5.25. The van der Waals surface area contributed by atoms with Gasteiger partial charge in [0.2, 0.25) is 0 Å². The number of rotatable bonds is 4. The van der Waals surface area contributed by atoms with Gasteiger partial charge in [-0.05, 0) is 60.7 Å². The molecule has 0 unspecified atom stereocenters. The first-order valence-electron chi connectivity index (χ1n) is 7.37. The number of halogens is 2. The Morgan fingerprint density at radius 2 is 1.17 bits per heavy atom. The summed E-state index contributed by atoms with van der Waals surface area (Å²) in [5, 5.41) is 10.4. The molecule has 0 saturated carbocycles. The molecule has 0 aliphatic heterocycles. The number of hydrogen-bond donors (Lipinski definition) is 0. The van der Waals surface area contributed by atoms with E-state index in [9.17, 15) is 0 Å². The van der Waals surface area contributed by atoms with Crippen LogP contribution in [-0.4, -0.2) is 0 Å². The average Bonchev–Trinajstić information content (AvgIpc) is 2.62. The summed E-state index contributed by atoms with van der Waals surface area (Å²) in [7, 11) is -0.128. The minimum atomic E-state index is -0.128. The zero-order valence-corrected chi connectivity index (χ0v) is 15.1. The van der Waals surface area contributed by atoms with Crippen LogP contribution < -0.4 is 0 Å². The third-order valence-corrected chi connectivity index (χ3v) is 6.40. The topological polar surface area (TPSA) is 23.8 Å². The van der Waals surface area contributed by atoms with Gasteiger partial charge in [0.15, 0.2) is 9.79 Å². The van der Waals surface area contributed by atoms with Gasteiger partial charge in [0.25, 0.3) is 0 Å². The Labute approximate surface area is 154 Å². The van der Waals surface area contributed by atoms with E-state index in [4.69, 9.17) is 28.5 Å². The van der Waals surface area contributed by atoms with Crippen LogP contribution in [-0.2, 0) is 16.6 Å². The van der Waals surface area contributed by atoms with Crippen LogP contribution in [0.5, 0.6) is 0 Å². The molecule has 3 rings (SSSR count). The molecule has 0 N–H and O–H groups in total. The Morgan fingerprint density at radius 3 is 1.58 bits per heavy atom. The summed E-state index contributed by atoms with van der Waals surface area (Å²) >= 11 is 12.1. The number of nitrogens with zero attached hydrogens (tertiary/aromatic N) is 1. The van der Waals surface area contributed by atoms with Gasteiger partial charge < -0.3 is 0 Å². The number of hydrogen-bond acceptors (Lipinski definition) is 1. The molecule has 24 heavy (non-hydrogen) atoms. The van der Waals surface area contributed by atoms with E-state index in [1.54, 1.807) is 0 Å². The van der Waals surface area contributed by atoms with Crippen molar-refractivity contribution in [3.8, 4) is 6.07 Å². The summed E-state index contributed by atoms with van der Waals surface area (Å²) in [6.45, 7) is 0. The van der Waals surface area contributed by atoms with Crippen molar-refractivity contribution in [3.63, 3.8) is 0 Å². The Morgan fingerprint density at radius 1 is 0.708 bits per heavy atom. The zero-order chi connectivity index (χ0) is 16.9. The quantitative estimate of drug-likeness (QED) is 0.508. The van der Waals surface area contributed by atoms with Gasteiger partial charge in [-0.15, -0.1) is 0 Å². The smallest absolute Gasteiger partial charge is 0.161 e. The van der Waals surface area contributed by atoms with E-state index in [-0.39, 0.29) is 10.9 Å². The van der Waals surface area contributed by atoms with Gasteiger partial charge >= 0.3 is 0 Å². The first-order chi connectivity index (χ1) is 11.7. The summed E-state index contributed by atoms with van der Waals surface area (Å²) < 4.78 is 0. The predicted octanol–water partition coefficient (Wildman–Crippen LogP) is 6.10. The van der Waals surface area contributed by atoms with E-state index in [2.05, 4.69) is 30.3 Å². The van der Waals surface area contributed by atoms with Crippen molar-refractivity contribution in [3.05, 3.63) is 94.0 Å². The van der Waals surface area contributed by atoms with Crippen LogP contribution >= 0.6 is 23.2 Å². The monoisotopic (exact) mass is 370 g/mol. The lowest BCUT2D eigenvalue weighted by Gasteiger charge is -2.09. The van der Waals surface area contributed by atoms with Crippen molar-refractivity contribution in [2.75, 3.05) is 0 Å².